The van der Waals surface area contributed by atoms with Gasteiger partial charge in [0.05, 0.1) is 23.2 Å². The van der Waals surface area contributed by atoms with Crippen LogP contribution >= 0.6 is 22.9 Å². The monoisotopic (exact) mass is 423 g/mol. The van der Waals surface area contributed by atoms with E-state index in [1.165, 1.54) is 11.3 Å². The van der Waals surface area contributed by atoms with Gasteiger partial charge in [-0.3, -0.25) is 9.20 Å². The zero-order valence-corrected chi connectivity index (χ0v) is 17.1. The molecular formula is C21H18ClN5OS. The fourth-order valence-corrected chi connectivity index (χ4v) is 4.96. The summed E-state index contributed by atoms with van der Waals surface area (Å²) in [5.41, 5.74) is 2.46. The van der Waals surface area contributed by atoms with Crippen molar-refractivity contribution in [2.45, 2.75) is 25.3 Å². The molecule has 1 aliphatic heterocycles. The van der Waals surface area contributed by atoms with Gasteiger partial charge >= 0.3 is 0 Å². The number of halogens is 1. The molecule has 1 fully saturated rings. The van der Waals surface area contributed by atoms with E-state index in [0.29, 0.717) is 5.02 Å². The molecule has 1 aromatic carbocycles. The second-order valence-corrected chi connectivity index (χ2v) is 8.30. The van der Waals surface area contributed by atoms with Crippen molar-refractivity contribution < 1.29 is 4.79 Å². The van der Waals surface area contributed by atoms with Gasteiger partial charge in [-0.25, -0.2) is 4.98 Å². The predicted molar refractivity (Wildman–Crippen MR) is 113 cm³/mol. The molecule has 29 heavy (non-hydrogen) atoms. The number of benzene rings is 1. The Balaban J connectivity index is 1.36. The summed E-state index contributed by atoms with van der Waals surface area (Å²) < 4.78 is 1.97. The van der Waals surface area contributed by atoms with E-state index in [-0.39, 0.29) is 18.4 Å². The first kappa shape index (κ1) is 18.3. The van der Waals surface area contributed by atoms with Gasteiger partial charge in [-0.15, -0.1) is 21.5 Å². The molecule has 6 nitrogen and oxygen atoms in total. The maximum atomic E-state index is 13.1. The zero-order valence-electron chi connectivity index (χ0n) is 15.5. The second-order valence-electron chi connectivity index (χ2n) is 7.03. The summed E-state index contributed by atoms with van der Waals surface area (Å²) in [5, 5.41) is 12.0. The minimum Gasteiger partial charge on any atom is -0.332 e. The van der Waals surface area contributed by atoms with E-state index in [2.05, 4.69) is 15.2 Å². The number of carbonyl (C=O) groups is 1. The predicted octanol–water partition coefficient (Wildman–Crippen LogP) is 4.41. The lowest BCUT2D eigenvalue weighted by atomic mass is 10.2. The van der Waals surface area contributed by atoms with E-state index in [1.54, 1.807) is 0 Å². The standard InChI is InChI=1S/C21H18ClN5OS/c22-16-7-2-1-6-15(16)21-23-14(13-29-21)12-19(28)26-11-5-8-17(26)20-25-24-18-9-3-4-10-27(18)20/h1-4,6-7,9-10,13,17H,5,8,11-12H2/t17-/m1/s1. The molecule has 0 spiro atoms. The van der Waals surface area contributed by atoms with Gasteiger partial charge in [0, 0.05) is 23.7 Å². The lowest BCUT2D eigenvalue weighted by molar-refractivity contribution is -0.131. The van der Waals surface area contributed by atoms with Crippen LogP contribution in [0.1, 0.15) is 30.4 Å². The Bertz CT molecular complexity index is 1190. The lowest BCUT2D eigenvalue weighted by Gasteiger charge is -2.23. The molecular weight excluding hydrogens is 406 g/mol. The molecule has 1 saturated heterocycles. The largest absolute Gasteiger partial charge is 0.332 e. The van der Waals surface area contributed by atoms with Gasteiger partial charge in [0.1, 0.15) is 5.01 Å². The number of nitrogens with zero attached hydrogens (tertiary/aromatic N) is 5. The van der Waals surface area contributed by atoms with Crippen LogP contribution in [0.4, 0.5) is 0 Å². The maximum Gasteiger partial charge on any atom is 0.229 e. The van der Waals surface area contributed by atoms with Gasteiger partial charge in [0.25, 0.3) is 0 Å². The lowest BCUT2D eigenvalue weighted by Crippen LogP contribution is -2.32. The van der Waals surface area contributed by atoms with E-state index in [4.69, 9.17) is 11.6 Å². The number of hydrogen-bond donors (Lipinski definition) is 0. The molecule has 0 saturated carbocycles. The number of rotatable bonds is 4. The highest BCUT2D eigenvalue weighted by atomic mass is 35.5. The van der Waals surface area contributed by atoms with Gasteiger partial charge < -0.3 is 4.90 Å². The SMILES string of the molecule is O=C(Cc1csc(-c2ccccc2Cl)n1)N1CCC[C@@H]1c1nnc2ccccn12. The molecule has 8 heteroatoms. The summed E-state index contributed by atoms with van der Waals surface area (Å²) in [6.07, 6.45) is 4.07. The van der Waals surface area contributed by atoms with Crippen LogP contribution in [0.15, 0.2) is 54.0 Å². The van der Waals surface area contributed by atoms with Crippen LogP contribution in [0, 0.1) is 0 Å². The van der Waals surface area contributed by atoms with Crippen LogP contribution in [0.3, 0.4) is 0 Å². The van der Waals surface area contributed by atoms with E-state index >= 15 is 0 Å². The van der Waals surface area contributed by atoms with E-state index in [1.807, 2.05) is 63.3 Å². The van der Waals surface area contributed by atoms with Crippen molar-refractivity contribution in [1.29, 1.82) is 0 Å². The molecule has 4 heterocycles. The van der Waals surface area contributed by atoms with Crippen molar-refractivity contribution in [1.82, 2.24) is 24.5 Å². The molecule has 0 unspecified atom stereocenters. The number of fused-ring (bicyclic) bond motifs is 1. The van der Waals surface area contributed by atoms with Crippen LogP contribution in [-0.4, -0.2) is 36.9 Å². The molecule has 5 rings (SSSR count). The van der Waals surface area contributed by atoms with Crippen molar-refractivity contribution in [2.75, 3.05) is 6.54 Å². The Kier molecular flexibility index (Phi) is 4.77. The number of amides is 1. The minimum absolute atomic E-state index is 0.0541. The Morgan fingerprint density at radius 2 is 2.03 bits per heavy atom. The average Bonchev–Trinajstić information content (AvgIpc) is 3.47. The van der Waals surface area contributed by atoms with Gasteiger partial charge in [-0.2, -0.15) is 0 Å². The van der Waals surface area contributed by atoms with Crippen LogP contribution in [0.5, 0.6) is 0 Å². The van der Waals surface area contributed by atoms with E-state index < -0.39 is 0 Å². The van der Waals surface area contributed by atoms with Crippen molar-refractivity contribution >= 4 is 34.5 Å². The van der Waals surface area contributed by atoms with Gasteiger partial charge in [0.2, 0.25) is 5.91 Å². The topological polar surface area (TPSA) is 63.4 Å². The molecule has 4 aromatic rings. The first-order valence-electron chi connectivity index (χ1n) is 9.49. The van der Waals surface area contributed by atoms with E-state index in [9.17, 15) is 4.79 Å². The summed E-state index contributed by atoms with van der Waals surface area (Å²) in [4.78, 5) is 19.6. The summed E-state index contributed by atoms with van der Waals surface area (Å²) in [7, 11) is 0. The van der Waals surface area contributed by atoms with Gasteiger partial charge in [-0.1, -0.05) is 35.9 Å². The number of thiazole rings is 1. The van der Waals surface area contributed by atoms with Crippen molar-refractivity contribution in [3.05, 3.63) is 70.6 Å². The highest BCUT2D eigenvalue weighted by Gasteiger charge is 2.33. The highest BCUT2D eigenvalue weighted by molar-refractivity contribution is 7.13. The Hall–Kier alpha value is -2.77. The minimum atomic E-state index is -0.0541. The highest BCUT2D eigenvalue weighted by Crippen LogP contribution is 2.33. The Labute approximate surface area is 176 Å². The van der Waals surface area contributed by atoms with Crippen LogP contribution in [-0.2, 0) is 11.2 Å². The molecule has 0 bridgehead atoms. The average molecular weight is 424 g/mol. The van der Waals surface area contributed by atoms with Crippen molar-refractivity contribution in [3.8, 4) is 10.6 Å². The van der Waals surface area contributed by atoms with Crippen LogP contribution < -0.4 is 0 Å². The number of carbonyl (C=O) groups excluding carboxylic acids is 1. The van der Waals surface area contributed by atoms with Crippen LogP contribution in [0.2, 0.25) is 5.02 Å². The third kappa shape index (κ3) is 3.41. The molecule has 0 radical (unpaired) electrons. The molecule has 0 N–H and O–H groups in total. The Morgan fingerprint density at radius 1 is 1.17 bits per heavy atom. The summed E-state index contributed by atoms with van der Waals surface area (Å²) >= 11 is 7.79. The number of pyridine rings is 1. The second kappa shape index (κ2) is 7.57. The maximum absolute atomic E-state index is 13.1. The number of likely N-dealkylation sites (tertiary alicyclic amines) is 1. The van der Waals surface area contributed by atoms with Crippen molar-refractivity contribution in [2.24, 2.45) is 0 Å². The molecule has 0 aliphatic carbocycles. The van der Waals surface area contributed by atoms with E-state index in [0.717, 1.165) is 47.1 Å². The first-order valence-corrected chi connectivity index (χ1v) is 10.7. The molecule has 3 aromatic heterocycles. The van der Waals surface area contributed by atoms with Crippen LogP contribution in [0.25, 0.3) is 16.2 Å². The zero-order chi connectivity index (χ0) is 19.8. The molecule has 146 valence electrons. The van der Waals surface area contributed by atoms with Gasteiger partial charge in [-0.05, 0) is 31.0 Å². The summed E-state index contributed by atoms with van der Waals surface area (Å²) in [6, 6.07) is 13.4. The van der Waals surface area contributed by atoms with Gasteiger partial charge in [0.15, 0.2) is 11.5 Å². The fraction of sp³-hybridized carbons (Fsp3) is 0.238. The molecule has 1 amide bonds. The first-order chi connectivity index (χ1) is 14.2. The smallest absolute Gasteiger partial charge is 0.229 e. The Morgan fingerprint density at radius 3 is 2.93 bits per heavy atom. The summed E-state index contributed by atoms with van der Waals surface area (Å²) in [5.74, 6) is 0.887. The fourth-order valence-electron chi connectivity index (χ4n) is 3.82. The molecule has 1 atom stereocenters. The normalized spacial score (nSPS) is 16.6. The molecule has 1 aliphatic rings. The number of aromatic nitrogens is 4. The van der Waals surface area contributed by atoms with Crippen molar-refractivity contribution in [3.63, 3.8) is 0 Å². The third-order valence-corrected chi connectivity index (χ3v) is 6.45. The number of hydrogen-bond acceptors (Lipinski definition) is 5. The third-order valence-electron chi connectivity index (χ3n) is 5.20. The summed E-state index contributed by atoms with van der Waals surface area (Å²) in [6.45, 7) is 0.729. The quantitative estimate of drug-likeness (QED) is 0.487.